The number of rotatable bonds is 4. The second-order valence-electron chi connectivity index (χ2n) is 6.26. The summed E-state index contributed by atoms with van der Waals surface area (Å²) in [6.45, 7) is 6.03. The highest BCUT2D eigenvalue weighted by Crippen LogP contribution is 2.33. The van der Waals surface area contributed by atoms with E-state index in [0.29, 0.717) is 18.0 Å². The molecule has 1 unspecified atom stereocenters. The number of amides is 2. The number of nitrogens with zero attached hydrogens (tertiary/aromatic N) is 1. The third kappa shape index (κ3) is 3.50. The fourth-order valence-corrected chi connectivity index (χ4v) is 2.90. The van der Waals surface area contributed by atoms with Gasteiger partial charge < -0.3 is 15.0 Å². The summed E-state index contributed by atoms with van der Waals surface area (Å²) in [6.07, 6.45) is -0.322. The van der Waals surface area contributed by atoms with E-state index in [2.05, 4.69) is 5.32 Å². The van der Waals surface area contributed by atoms with E-state index in [1.807, 2.05) is 56.3 Å². The van der Waals surface area contributed by atoms with Crippen molar-refractivity contribution in [2.45, 2.75) is 33.3 Å². The SMILES string of the molecule is Cc1cccc(NC(=O)CCN2C(=O)C(C)Oc3ccccc32)c1C. The van der Waals surface area contributed by atoms with Crippen molar-refractivity contribution in [2.75, 3.05) is 16.8 Å². The molecule has 0 spiro atoms. The molecule has 1 aliphatic heterocycles. The lowest BCUT2D eigenvalue weighted by molar-refractivity contribution is -0.125. The molecule has 5 heteroatoms. The van der Waals surface area contributed by atoms with Crippen LogP contribution in [0.25, 0.3) is 0 Å². The van der Waals surface area contributed by atoms with Crippen LogP contribution in [0.4, 0.5) is 11.4 Å². The van der Waals surface area contributed by atoms with Crippen molar-refractivity contribution < 1.29 is 14.3 Å². The highest BCUT2D eigenvalue weighted by Gasteiger charge is 2.31. The lowest BCUT2D eigenvalue weighted by atomic mass is 10.1. The van der Waals surface area contributed by atoms with Crippen LogP contribution in [-0.2, 0) is 9.59 Å². The molecule has 0 aliphatic carbocycles. The minimum absolute atomic E-state index is 0.113. The number of hydrogen-bond acceptors (Lipinski definition) is 3. The lowest BCUT2D eigenvalue weighted by Crippen LogP contribution is -2.45. The van der Waals surface area contributed by atoms with Crippen LogP contribution in [-0.4, -0.2) is 24.5 Å². The van der Waals surface area contributed by atoms with Crippen molar-refractivity contribution in [1.29, 1.82) is 0 Å². The Morgan fingerprint density at radius 2 is 1.92 bits per heavy atom. The molecule has 3 rings (SSSR count). The molecule has 1 heterocycles. The molecule has 0 saturated heterocycles. The van der Waals surface area contributed by atoms with Gasteiger partial charge in [-0.1, -0.05) is 24.3 Å². The molecule has 2 aromatic carbocycles. The Morgan fingerprint density at radius 3 is 2.72 bits per heavy atom. The number of para-hydroxylation sites is 2. The third-order valence-electron chi connectivity index (χ3n) is 4.51. The van der Waals surface area contributed by atoms with E-state index >= 15 is 0 Å². The largest absolute Gasteiger partial charge is 0.479 e. The van der Waals surface area contributed by atoms with Gasteiger partial charge >= 0.3 is 0 Å². The van der Waals surface area contributed by atoms with Gasteiger partial charge in [-0.15, -0.1) is 0 Å². The number of aryl methyl sites for hydroxylation is 1. The smallest absolute Gasteiger partial charge is 0.267 e. The maximum absolute atomic E-state index is 12.4. The number of carbonyl (C=O) groups is 2. The molecular formula is C20H22N2O3. The zero-order chi connectivity index (χ0) is 18.0. The number of fused-ring (bicyclic) bond motifs is 1. The number of hydrogen-bond donors (Lipinski definition) is 1. The van der Waals surface area contributed by atoms with Crippen molar-refractivity contribution in [2.24, 2.45) is 0 Å². The normalized spacial score (nSPS) is 16.2. The Labute approximate surface area is 147 Å². The maximum atomic E-state index is 12.4. The maximum Gasteiger partial charge on any atom is 0.267 e. The van der Waals surface area contributed by atoms with Crippen molar-refractivity contribution in [3.05, 3.63) is 53.6 Å². The van der Waals surface area contributed by atoms with Gasteiger partial charge in [0.2, 0.25) is 5.91 Å². The van der Waals surface area contributed by atoms with Crippen molar-refractivity contribution in [3.8, 4) is 5.75 Å². The molecule has 0 aromatic heterocycles. The summed E-state index contributed by atoms with van der Waals surface area (Å²) < 4.78 is 5.61. The molecular weight excluding hydrogens is 316 g/mol. The Kier molecular flexibility index (Phi) is 4.74. The highest BCUT2D eigenvalue weighted by molar-refractivity contribution is 6.01. The van der Waals surface area contributed by atoms with Gasteiger partial charge in [-0.05, 0) is 50.1 Å². The van der Waals surface area contributed by atoms with Crippen molar-refractivity contribution >= 4 is 23.2 Å². The second kappa shape index (κ2) is 6.97. The van der Waals surface area contributed by atoms with Crippen LogP contribution in [0.15, 0.2) is 42.5 Å². The summed E-state index contributed by atoms with van der Waals surface area (Å²) in [5.74, 6) is 0.431. The first-order valence-corrected chi connectivity index (χ1v) is 8.40. The van der Waals surface area contributed by atoms with E-state index in [-0.39, 0.29) is 18.2 Å². The van der Waals surface area contributed by atoms with Crippen LogP contribution in [0, 0.1) is 13.8 Å². The number of anilines is 2. The molecule has 0 bridgehead atoms. The molecule has 1 N–H and O–H groups in total. The van der Waals surface area contributed by atoms with Crippen LogP contribution in [0.2, 0.25) is 0 Å². The fraction of sp³-hybridized carbons (Fsp3) is 0.300. The molecule has 0 saturated carbocycles. The van der Waals surface area contributed by atoms with Gasteiger partial charge in [-0.25, -0.2) is 0 Å². The zero-order valence-corrected chi connectivity index (χ0v) is 14.7. The zero-order valence-electron chi connectivity index (χ0n) is 14.7. The Hall–Kier alpha value is -2.82. The second-order valence-corrected chi connectivity index (χ2v) is 6.26. The van der Waals surface area contributed by atoms with Gasteiger partial charge in [0.1, 0.15) is 5.75 Å². The Morgan fingerprint density at radius 1 is 1.16 bits per heavy atom. The van der Waals surface area contributed by atoms with Gasteiger partial charge in [0, 0.05) is 18.7 Å². The molecule has 0 fully saturated rings. The van der Waals surface area contributed by atoms with E-state index < -0.39 is 6.10 Å². The van der Waals surface area contributed by atoms with Crippen LogP contribution >= 0.6 is 0 Å². The number of carbonyl (C=O) groups excluding carboxylic acids is 2. The predicted octanol–water partition coefficient (Wildman–Crippen LogP) is 3.45. The fourth-order valence-electron chi connectivity index (χ4n) is 2.90. The molecule has 1 atom stereocenters. The first-order valence-electron chi connectivity index (χ1n) is 8.40. The molecule has 1 aliphatic rings. The molecule has 25 heavy (non-hydrogen) atoms. The minimum Gasteiger partial charge on any atom is -0.479 e. The highest BCUT2D eigenvalue weighted by atomic mass is 16.5. The standard InChI is InChI=1S/C20H22N2O3/c1-13-7-6-8-16(14(13)2)21-19(23)11-12-22-17-9-4-5-10-18(17)25-15(3)20(22)24/h4-10,15H,11-12H2,1-3H3,(H,21,23). The summed E-state index contributed by atoms with van der Waals surface area (Å²) in [6, 6.07) is 13.2. The predicted molar refractivity (Wildman–Crippen MR) is 98.0 cm³/mol. The lowest BCUT2D eigenvalue weighted by Gasteiger charge is -2.32. The average Bonchev–Trinajstić information content (AvgIpc) is 2.59. The molecule has 5 nitrogen and oxygen atoms in total. The van der Waals surface area contributed by atoms with Crippen LogP contribution in [0.5, 0.6) is 5.75 Å². The summed E-state index contributed by atoms with van der Waals surface area (Å²) in [5.41, 5.74) is 3.71. The monoisotopic (exact) mass is 338 g/mol. The van der Waals surface area contributed by atoms with Crippen LogP contribution in [0.1, 0.15) is 24.5 Å². The molecule has 0 radical (unpaired) electrons. The minimum atomic E-state index is -0.544. The number of benzene rings is 2. The van der Waals surface area contributed by atoms with Crippen LogP contribution < -0.4 is 15.0 Å². The van der Waals surface area contributed by atoms with Gasteiger partial charge in [0.25, 0.3) is 5.91 Å². The topological polar surface area (TPSA) is 58.6 Å². The van der Waals surface area contributed by atoms with E-state index in [1.165, 1.54) is 0 Å². The Bertz CT molecular complexity index is 816. The third-order valence-corrected chi connectivity index (χ3v) is 4.51. The average molecular weight is 338 g/mol. The Balaban J connectivity index is 1.69. The summed E-state index contributed by atoms with van der Waals surface area (Å²) in [7, 11) is 0. The number of ether oxygens (including phenoxy) is 1. The first kappa shape index (κ1) is 17.0. The van der Waals surface area contributed by atoms with Gasteiger partial charge in [-0.3, -0.25) is 9.59 Å². The van der Waals surface area contributed by atoms with Crippen LogP contribution in [0.3, 0.4) is 0 Å². The van der Waals surface area contributed by atoms with Crippen molar-refractivity contribution in [3.63, 3.8) is 0 Å². The van der Waals surface area contributed by atoms with E-state index in [4.69, 9.17) is 4.74 Å². The summed E-state index contributed by atoms with van der Waals surface area (Å²) in [5, 5.41) is 2.93. The summed E-state index contributed by atoms with van der Waals surface area (Å²) in [4.78, 5) is 26.4. The molecule has 130 valence electrons. The van der Waals surface area contributed by atoms with E-state index in [0.717, 1.165) is 16.8 Å². The van der Waals surface area contributed by atoms with Crippen molar-refractivity contribution in [1.82, 2.24) is 0 Å². The van der Waals surface area contributed by atoms with E-state index in [1.54, 1.807) is 11.8 Å². The first-order chi connectivity index (χ1) is 12.0. The van der Waals surface area contributed by atoms with Gasteiger partial charge in [-0.2, -0.15) is 0 Å². The summed E-state index contributed by atoms with van der Waals surface area (Å²) >= 11 is 0. The number of nitrogens with one attached hydrogen (secondary N) is 1. The van der Waals surface area contributed by atoms with Gasteiger partial charge in [0.15, 0.2) is 6.10 Å². The van der Waals surface area contributed by atoms with E-state index in [9.17, 15) is 9.59 Å². The molecule has 2 aromatic rings. The quantitative estimate of drug-likeness (QED) is 0.929. The van der Waals surface area contributed by atoms with Gasteiger partial charge in [0.05, 0.1) is 5.69 Å². The molecule has 2 amide bonds.